The van der Waals surface area contributed by atoms with Crippen LogP contribution in [0.3, 0.4) is 0 Å². The lowest BCUT2D eigenvalue weighted by Gasteiger charge is -2.28. The van der Waals surface area contributed by atoms with E-state index in [1.807, 2.05) is 18.2 Å². The highest BCUT2D eigenvalue weighted by atomic mass is 16.6. The van der Waals surface area contributed by atoms with Crippen LogP contribution in [0, 0.1) is 0 Å². The van der Waals surface area contributed by atoms with Crippen molar-refractivity contribution in [3.8, 4) is 0 Å². The average molecular weight is 388 g/mol. The molecule has 2 bridgehead atoms. The topological polar surface area (TPSA) is 102 Å². The van der Waals surface area contributed by atoms with E-state index in [-0.39, 0.29) is 19.4 Å². The zero-order valence-corrected chi connectivity index (χ0v) is 16.2. The van der Waals surface area contributed by atoms with Gasteiger partial charge in [-0.05, 0) is 32.8 Å². The number of imide groups is 1. The quantitative estimate of drug-likeness (QED) is 0.799. The molecule has 8 nitrogen and oxygen atoms in total. The Kier molecular flexibility index (Phi) is 5.14. The fourth-order valence-corrected chi connectivity index (χ4v) is 3.53. The molecular formula is C20H24N2O6. The zero-order chi connectivity index (χ0) is 20.5. The molecule has 2 aliphatic rings. The fourth-order valence-electron chi connectivity index (χ4n) is 3.53. The number of hydrogen-bond donors (Lipinski definition) is 1. The molecule has 1 aromatic carbocycles. The maximum absolute atomic E-state index is 13.0. The molecule has 3 amide bonds. The van der Waals surface area contributed by atoms with Crippen LogP contribution in [-0.4, -0.2) is 46.0 Å². The van der Waals surface area contributed by atoms with Gasteiger partial charge in [-0.25, -0.2) is 14.5 Å². The molecule has 28 heavy (non-hydrogen) atoms. The van der Waals surface area contributed by atoms with Crippen LogP contribution in [-0.2, 0) is 25.7 Å². The molecule has 0 radical (unpaired) electrons. The molecule has 1 aliphatic heterocycles. The van der Waals surface area contributed by atoms with E-state index in [2.05, 4.69) is 5.32 Å². The number of nitrogens with one attached hydrogen (secondary N) is 1. The molecule has 0 aromatic heterocycles. The molecule has 1 aliphatic carbocycles. The zero-order valence-electron chi connectivity index (χ0n) is 16.2. The summed E-state index contributed by atoms with van der Waals surface area (Å²) in [5.41, 5.74) is -1.78. The highest BCUT2D eigenvalue weighted by Gasteiger charge is 2.62. The number of benzene rings is 1. The summed E-state index contributed by atoms with van der Waals surface area (Å²) < 4.78 is 10.5. The van der Waals surface area contributed by atoms with Crippen molar-refractivity contribution in [1.29, 1.82) is 0 Å². The molecule has 2 fully saturated rings. The van der Waals surface area contributed by atoms with Crippen molar-refractivity contribution in [1.82, 2.24) is 10.2 Å². The van der Waals surface area contributed by atoms with Crippen molar-refractivity contribution in [3.05, 3.63) is 35.9 Å². The van der Waals surface area contributed by atoms with Gasteiger partial charge < -0.3 is 14.8 Å². The van der Waals surface area contributed by atoms with E-state index < -0.39 is 41.1 Å². The molecule has 1 saturated heterocycles. The Morgan fingerprint density at radius 2 is 1.89 bits per heavy atom. The second-order valence-electron chi connectivity index (χ2n) is 8.07. The summed E-state index contributed by atoms with van der Waals surface area (Å²) in [7, 11) is 0. The molecule has 1 saturated carbocycles. The Bertz CT molecular complexity index is 801. The molecule has 1 aromatic rings. The van der Waals surface area contributed by atoms with Crippen LogP contribution >= 0.6 is 0 Å². The number of carbonyl (C=O) groups is 4. The minimum absolute atomic E-state index is 0.00431. The second-order valence-corrected chi connectivity index (χ2v) is 8.07. The van der Waals surface area contributed by atoms with Gasteiger partial charge in [0.2, 0.25) is 0 Å². The first kappa shape index (κ1) is 19.9. The number of amides is 3. The Morgan fingerprint density at radius 1 is 1.21 bits per heavy atom. The molecule has 1 N–H and O–H groups in total. The number of nitrogens with zero attached hydrogens (tertiary/aromatic N) is 1. The Hall–Kier alpha value is -2.90. The van der Waals surface area contributed by atoms with Gasteiger partial charge in [0.05, 0.1) is 0 Å². The Morgan fingerprint density at radius 3 is 2.54 bits per heavy atom. The summed E-state index contributed by atoms with van der Waals surface area (Å²) in [6.07, 6.45) is -1.21. The van der Waals surface area contributed by atoms with E-state index in [1.54, 1.807) is 32.9 Å². The number of rotatable bonds is 3. The van der Waals surface area contributed by atoms with Crippen LogP contribution in [0.1, 0.15) is 45.6 Å². The normalized spacial score (nSPS) is 24.1. The number of ether oxygens (including phenoxy) is 2. The first-order valence-corrected chi connectivity index (χ1v) is 9.21. The molecule has 0 spiro atoms. The minimum atomic E-state index is -1.77. The summed E-state index contributed by atoms with van der Waals surface area (Å²) in [5.74, 6) is -1.18. The van der Waals surface area contributed by atoms with E-state index in [0.29, 0.717) is 6.42 Å². The van der Waals surface area contributed by atoms with Crippen molar-refractivity contribution in [3.63, 3.8) is 0 Å². The molecular weight excluding hydrogens is 364 g/mol. The van der Waals surface area contributed by atoms with Crippen LogP contribution in [0.15, 0.2) is 30.3 Å². The molecule has 8 heteroatoms. The van der Waals surface area contributed by atoms with Crippen molar-refractivity contribution >= 4 is 23.9 Å². The first-order chi connectivity index (χ1) is 13.1. The average Bonchev–Trinajstić information content (AvgIpc) is 2.85. The molecule has 2 atom stereocenters. The van der Waals surface area contributed by atoms with Crippen LogP contribution in [0.4, 0.5) is 9.59 Å². The predicted molar refractivity (Wildman–Crippen MR) is 98.2 cm³/mol. The van der Waals surface area contributed by atoms with Crippen LogP contribution in [0.25, 0.3) is 0 Å². The molecule has 150 valence electrons. The second kappa shape index (κ2) is 7.26. The van der Waals surface area contributed by atoms with Crippen LogP contribution < -0.4 is 5.32 Å². The van der Waals surface area contributed by atoms with Gasteiger partial charge in [0.25, 0.3) is 5.91 Å². The summed E-state index contributed by atoms with van der Waals surface area (Å²) in [6, 6.07) is 8.55. The highest BCUT2D eigenvalue weighted by molar-refractivity contribution is 6.18. The fraction of sp³-hybridized carbons (Fsp3) is 0.500. The van der Waals surface area contributed by atoms with Gasteiger partial charge >= 0.3 is 12.2 Å². The largest absolute Gasteiger partial charge is 0.445 e. The number of Topliss-reactive ketones (excluding diaryl/α,β-unsaturated/α-hetero) is 1. The van der Waals surface area contributed by atoms with Gasteiger partial charge in [-0.3, -0.25) is 9.59 Å². The highest BCUT2D eigenvalue weighted by Crippen LogP contribution is 2.38. The predicted octanol–water partition coefficient (Wildman–Crippen LogP) is 2.55. The van der Waals surface area contributed by atoms with Crippen LogP contribution in [0.2, 0.25) is 0 Å². The molecule has 3 rings (SSSR count). The van der Waals surface area contributed by atoms with Crippen molar-refractivity contribution in [2.45, 2.75) is 63.8 Å². The number of ketones is 1. The summed E-state index contributed by atoms with van der Waals surface area (Å²) in [6.45, 7) is 5.08. The smallest absolute Gasteiger partial charge is 0.417 e. The van der Waals surface area contributed by atoms with Gasteiger partial charge in [-0.15, -0.1) is 0 Å². The van der Waals surface area contributed by atoms with E-state index in [9.17, 15) is 19.2 Å². The monoisotopic (exact) mass is 388 g/mol. The number of carbonyl (C=O) groups excluding carboxylic acids is 4. The molecule has 2 unspecified atom stereocenters. The van der Waals surface area contributed by atoms with Gasteiger partial charge in [0.15, 0.2) is 11.3 Å². The van der Waals surface area contributed by atoms with Gasteiger partial charge in [-0.2, -0.15) is 0 Å². The summed E-state index contributed by atoms with van der Waals surface area (Å²) >= 11 is 0. The maximum atomic E-state index is 13.0. The Balaban J connectivity index is 1.73. The van der Waals surface area contributed by atoms with E-state index in [4.69, 9.17) is 9.47 Å². The lowest BCUT2D eigenvalue weighted by atomic mass is 9.81. The van der Waals surface area contributed by atoms with Crippen LogP contribution in [0.5, 0.6) is 0 Å². The van der Waals surface area contributed by atoms with Crippen molar-refractivity contribution < 1.29 is 28.7 Å². The van der Waals surface area contributed by atoms with Gasteiger partial charge in [0.1, 0.15) is 12.2 Å². The third kappa shape index (κ3) is 3.85. The minimum Gasteiger partial charge on any atom is -0.445 e. The van der Waals surface area contributed by atoms with E-state index >= 15 is 0 Å². The number of likely N-dealkylation sites (tertiary alicyclic amines) is 1. The number of alkyl carbamates (subject to hydrolysis) is 1. The van der Waals surface area contributed by atoms with Gasteiger partial charge in [0, 0.05) is 18.9 Å². The van der Waals surface area contributed by atoms with Crippen molar-refractivity contribution in [2.24, 2.45) is 0 Å². The standard InChI is InChI=1S/C20H24N2O6/c1-19(2,3)28-18(26)22-14-9-10-15(23)20(11-14,16(22)24)21-17(25)27-12-13-7-5-4-6-8-13/h4-8,14H,9-12H2,1-3H3,(H,21,25). The SMILES string of the molecule is CC(C)(C)OC(=O)N1C(=O)C2(NC(=O)OCc3ccccc3)CC1CCC2=O. The van der Waals surface area contributed by atoms with E-state index in [0.717, 1.165) is 10.5 Å². The molecule has 1 heterocycles. The third-order valence-electron chi connectivity index (χ3n) is 4.79. The lowest BCUT2D eigenvalue weighted by molar-refractivity contribution is -0.138. The lowest BCUT2D eigenvalue weighted by Crippen LogP contribution is -2.60. The third-order valence-corrected chi connectivity index (χ3v) is 4.79. The number of fused-ring (bicyclic) bond motifs is 2. The summed E-state index contributed by atoms with van der Waals surface area (Å²) in [5, 5.41) is 2.43. The van der Waals surface area contributed by atoms with Crippen molar-refractivity contribution in [2.75, 3.05) is 0 Å². The Labute approximate surface area is 163 Å². The first-order valence-electron chi connectivity index (χ1n) is 9.21. The van der Waals surface area contributed by atoms with Gasteiger partial charge in [-0.1, -0.05) is 30.3 Å². The number of hydrogen-bond acceptors (Lipinski definition) is 6. The maximum Gasteiger partial charge on any atom is 0.417 e. The van der Waals surface area contributed by atoms with E-state index in [1.165, 1.54) is 0 Å². The summed E-state index contributed by atoms with van der Waals surface area (Å²) in [4.78, 5) is 51.3.